The summed E-state index contributed by atoms with van der Waals surface area (Å²) in [6.07, 6.45) is -2.49. The highest BCUT2D eigenvalue weighted by Crippen LogP contribution is 2.48. The van der Waals surface area contributed by atoms with Crippen molar-refractivity contribution in [2.45, 2.75) is 126 Å². The number of unbranched alkanes of at least 4 members (excludes halogenated alkanes) is 3. The van der Waals surface area contributed by atoms with Gasteiger partial charge in [0.05, 0.1) is 36.6 Å². The lowest BCUT2D eigenvalue weighted by Crippen LogP contribution is -2.49. The van der Waals surface area contributed by atoms with Crippen molar-refractivity contribution in [3.63, 3.8) is 0 Å². The van der Waals surface area contributed by atoms with Gasteiger partial charge in [0.1, 0.15) is 43.2 Å². The van der Waals surface area contributed by atoms with Crippen molar-refractivity contribution in [2.24, 2.45) is 0 Å². The van der Waals surface area contributed by atoms with Gasteiger partial charge in [-0.25, -0.2) is 0 Å². The molecule has 21 nitrogen and oxygen atoms in total. The number of aliphatic carboxylic acids is 1. The maximum absolute atomic E-state index is 13.3. The molecule has 0 aliphatic carbocycles. The van der Waals surface area contributed by atoms with Crippen LogP contribution >= 0.6 is 0 Å². The predicted octanol–water partition coefficient (Wildman–Crippen LogP) is -0.499. The molecule has 0 radical (unpaired) electrons. The highest BCUT2D eigenvalue weighted by atomic mass is 32.2. The van der Waals surface area contributed by atoms with Crippen LogP contribution in [0, 0.1) is 0 Å². The monoisotopic (exact) mass is 1020 g/mol. The first-order chi connectivity index (χ1) is 33.3. The van der Waals surface area contributed by atoms with Gasteiger partial charge in [-0.15, -0.1) is 0 Å². The number of nitrogens with one attached hydrogen (secondary N) is 2. The van der Waals surface area contributed by atoms with Gasteiger partial charge in [-0.2, -0.15) is 13.0 Å². The van der Waals surface area contributed by atoms with Crippen LogP contribution in [0.4, 0.5) is 11.4 Å². The minimum atomic E-state index is -4.20. The van der Waals surface area contributed by atoms with E-state index in [1.54, 1.807) is 36.4 Å². The zero-order chi connectivity index (χ0) is 53.0. The molecule has 0 spiro atoms. The van der Waals surface area contributed by atoms with E-state index in [9.17, 15) is 73.3 Å². The molecule has 0 saturated carbocycles. The van der Waals surface area contributed by atoms with E-state index in [2.05, 4.69) is 15.2 Å². The molecule has 0 saturated heterocycles. The first-order valence-electron chi connectivity index (χ1n) is 23.4. The summed E-state index contributed by atoms with van der Waals surface area (Å²) in [5.41, 5.74) is 3.84. The summed E-state index contributed by atoms with van der Waals surface area (Å²) in [5, 5.41) is 113. The van der Waals surface area contributed by atoms with Crippen molar-refractivity contribution in [2.75, 3.05) is 50.0 Å². The number of carbonyl (C=O) groups excluding carboxylic acids is 2. The van der Waals surface area contributed by atoms with Crippen LogP contribution in [0.2, 0.25) is 0 Å². The Morgan fingerprint density at radius 1 is 0.676 bits per heavy atom. The summed E-state index contributed by atoms with van der Waals surface area (Å²) < 4.78 is 34.5. The van der Waals surface area contributed by atoms with Crippen LogP contribution in [0.25, 0.3) is 0 Å². The number of carbonyl (C=O) groups is 3. The van der Waals surface area contributed by atoms with Gasteiger partial charge in [0.15, 0.2) is 5.71 Å². The number of carboxylic acid groups (broad SMARTS) is 1. The molecule has 0 aromatic heterocycles. The highest BCUT2D eigenvalue weighted by molar-refractivity contribution is 7.85. The molecule has 71 heavy (non-hydrogen) atoms. The van der Waals surface area contributed by atoms with Crippen molar-refractivity contribution in [1.82, 2.24) is 10.6 Å². The second-order valence-corrected chi connectivity index (χ2v) is 20.5. The average molecular weight is 1020 g/mol. The Bertz CT molecular complexity index is 2420. The van der Waals surface area contributed by atoms with Gasteiger partial charge in [0, 0.05) is 78.1 Å². The number of carboxylic acids is 1. The quantitative estimate of drug-likeness (QED) is 0.0221. The van der Waals surface area contributed by atoms with Crippen LogP contribution in [-0.2, 0) is 25.7 Å². The lowest BCUT2D eigenvalue weighted by molar-refractivity contribution is -0.438. The minimum absolute atomic E-state index is 0.0357. The number of nitrogens with zero attached hydrogens (tertiary/aromatic N) is 2. The van der Waals surface area contributed by atoms with Crippen LogP contribution in [0.3, 0.4) is 0 Å². The van der Waals surface area contributed by atoms with E-state index < -0.39 is 120 Å². The van der Waals surface area contributed by atoms with Gasteiger partial charge in [-0.1, -0.05) is 32.1 Å². The van der Waals surface area contributed by atoms with E-state index in [0.717, 1.165) is 33.9 Å². The van der Waals surface area contributed by atoms with E-state index in [0.29, 0.717) is 38.8 Å². The zero-order valence-corrected chi connectivity index (χ0v) is 41.2. The van der Waals surface area contributed by atoms with E-state index >= 15 is 0 Å². The van der Waals surface area contributed by atoms with Crippen LogP contribution in [0.15, 0.2) is 72.5 Å². The van der Waals surface area contributed by atoms with E-state index in [1.165, 1.54) is 0 Å². The fraction of sp³-hybridized carbons (Fsp3) is 0.551. The normalized spacial score (nSPS) is 19.3. The van der Waals surface area contributed by atoms with E-state index in [1.807, 2.05) is 63.0 Å². The molecule has 8 unspecified atom stereocenters. The Hall–Kier alpha value is -4.95. The van der Waals surface area contributed by atoms with E-state index in [-0.39, 0.29) is 24.0 Å². The smallest absolute Gasteiger partial charge is 0.303 e. The second kappa shape index (κ2) is 25.6. The summed E-state index contributed by atoms with van der Waals surface area (Å²) in [7, 11) is -4.20. The first kappa shape index (κ1) is 58.6. The number of fused-ring (bicyclic) bond motifs is 2. The second-order valence-electron chi connectivity index (χ2n) is 18.9. The zero-order valence-electron chi connectivity index (χ0n) is 40.4. The molecule has 0 fully saturated rings. The maximum atomic E-state index is 13.3. The van der Waals surface area contributed by atoms with Crippen molar-refractivity contribution in [3.8, 4) is 0 Å². The molecule has 2 aliphatic heterocycles. The number of hydrogen-bond acceptors (Lipinski definition) is 16. The summed E-state index contributed by atoms with van der Waals surface area (Å²) in [4.78, 5) is 39.8. The Morgan fingerprint density at radius 3 is 1.75 bits per heavy atom. The fourth-order valence-corrected chi connectivity index (χ4v) is 9.29. The topological polar surface area (TPSA) is 358 Å². The number of allylic oxidation sites excluding steroid dienone is 6. The highest BCUT2D eigenvalue weighted by Gasteiger charge is 2.45. The Kier molecular flexibility index (Phi) is 21.2. The maximum Gasteiger partial charge on any atom is 0.303 e. The molecule has 2 aromatic rings. The van der Waals surface area contributed by atoms with Crippen LogP contribution < -0.4 is 15.5 Å². The third kappa shape index (κ3) is 15.1. The van der Waals surface area contributed by atoms with Gasteiger partial charge in [0.25, 0.3) is 21.9 Å². The predicted molar refractivity (Wildman–Crippen MR) is 261 cm³/mol. The number of aliphatic hydroxyl groups is 10. The molecular formula is C49H71N4O17S+. The van der Waals surface area contributed by atoms with Crippen molar-refractivity contribution in [3.05, 3.63) is 94.7 Å². The first-order valence-corrected chi connectivity index (χ1v) is 25.1. The lowest BCUT2D eigenvalue weighted by atomic mass is 9.80. The molecular weight excluding hydrogens is 949 g/mol. The SMILES string of the molecule is CC1(C)C(=CC=CC=CC2=[N+](CCCCCC(=O)O)c3ccc(C(=O)NCC(O)C(O)C(O)C(O)CO)cc3C2(C)C)N(CCCCS(=O)(=O)O)c2ccc(C(=O)NCC(O)C(O)C(O)C(O)CO)cc21. The van der Waals surface area contributed by atoms with Gasteiger partial charge >= 0.3 is 5.97 Å². The molecule has 8 atom stereocenters. The summed E-state index contributed by atoms with van der Waals surface area (Å²) in [6, 6.07) is 10.1. The average Bonchev–Trinajstić information content (AvgIpc) is 3.67. The number of aliphatic hydroxyl groups excluding tert-OH is 10. The van der Waals surface area contributed by atoms with Crippen molar-refractivity contribution in [1.29, 1.82) is 0 Å². The third-order valence-corrected chi connectivity index (χ3v) is 13.7. The number of rotatable bonds is 28. The number of amides is 2. The summed E-state index contributed by atoms with van der Waals surface area (Å²) >= 11 is 0. The Balaban J connectivity index is 1.61. The van der Waals surface area contributed by atoms with Gasteiger partial charge in [-0.05, 0) is 81.5 Å². The van der Waals surface area contributed by atoms with Gasteiger partial charge in [0.2, 0.25) is 5.69 Å². The lowest BCUT2D eigenvalue weighted by Gasteiger charge is -2.27. The minimum Gasteiger partial charge on any atom is -0.481 e. The van der Waals surface area contributed by atoms with Crippen LogP contribution in [0.1, 0.15) is 98.1 Å². The third-order valence-electron chi connectivity index (χ3n) is 12.9. The molecule has 2 aliphatic rings. The molecule has 2 aromatic carbocycles. The molecule has 22 heteroatoms. The van der Waals surface area contributed by atoms with Crippen molar-refractivity contribution >= 4 is 45.0 Å². The number of hydrogen-bond donors (Lipinski definition) is 14. The fourth-order valence-electron chi connectivity index (χ4n) is 8.72. The van der Waals surface area contributed by atoms with Crippen LogP contribution in [-0.4, -0.2) is 191 Å². The Labute approximate surface area is 413 Å². The molecule has 2 heterocycles. The largest absolute Gasteiger partial charge is 0.481 e. The molecule has 394 valence electrons. The number of benzene rings is 2. The Morgan fingerprint density at radius 2 is 1.21 bits per heavy atom. The number of anilines is 1. The molecule has 0 bridgehead atoms. The standard InChI is InChI=1S/C49H70N4O17S/c1-48(2)31-23-29(46(66)50-25-35(56)42(62)44(64)37(58)27-54)16-18-33(31)52(20-10-6-9-15-41(60)61)39(48)13-7-5-8-14-40-49(3,4)32-24-30(17-19-34(32)53(40)21-11-12-22-71(68,69)70)47(67)51-26-36(57)43(63)45(65)38(59)28-55/h5,7-8,13-14,16-19,23-24,35-38,42-45,54-59,62-65H,6,9-12,15,20-22,25-28H2,1-4H3,(H3-,50,51,60,61,66,67,68,69,70)/p+1. The molecule has 2 amide bonds. The van der Waals surface area contributed by atoms with E-state index in [4.69, 9.17) is 10.2 Å². The van der Waals surface area contributed by atoms with Crippen LogP contribution in [0.5, 0.6) is 0 Å². The van der Waals surface area contributed by atoms with Gasteiger partial charge in [-0.3, -0.25) is 18.9 Å². The molecule has 4 rings (SSSR count). The van der Waals surface area contributed by atoms with Crippen molar-refractivity contribution < 1.29 is 88.1 Å². The van der Waals surface area contributed by atoms with Gasteiger partial charge < -0.3 is 71.7 Å². The molecule has 14 N–H and O–H groups in total. The summed E-state index contributed by atoms with van der Waals surface area (Å²) in [6.45, 7) is 6.09. The summed E-state index contributed by atoms with van der Waals surface area (Å²) in [5.74, 6) is -2.50.